The Balaban J connectivity index is 0.00000442. The molecule has 0 radical (unpaired) electrons. The van der Waals surface area contributed by atoms with E-state index in [1.54, 1.807) is 0 Å². The highest BCUT2D eigenvalue weighted by molar-refractivity contribution is 5.95. The SMILES string of the molecule is N=C(N)c1ccc(-c2ccc(OC[C@@H]3C[C@@H](CC(=O)O)C(=O)N3CCCC(c3ccccc3)c3ccccc3)cc2)cc1.O. The summed E-state index contributed by atoms with van der Waals surface area (Å²) in [6.45, 7) is 0.851. The van der Waals surface area contributed by atoms with Gasteiger partial charge in [0.2, 0.25) is 5.91 Å². The summed E-state index contributed by atoms with van der Waals surface area (Å²) in [6, 6.07) is 35.9. The number of rotatable bonds is 13. The lowest BCUT2D eigenvalue weighted by Crippen LogP contribution is -2.38. The van der Waals surface area contributed by atoms with Crippen molar-refractivity contribution >= 4 is 17.7 Å². The highest BCUT2D eigenvalue weighted by atomic mass is 16.5. The number of hydrogen-bond acceptors (Lipinski definition) is 4. The summed E-state index contributed by atoms with van der Waals surface area (Å²) >= 11 is 0. The van der Waals surface area contributed by atoms with Crippen molar-refractivity contribution in [3.05, 3.63) is 126 Å². The van der Waals surface area contributed by atoms with E-state index in [4.69, 9.17) is 15.9 Å². The topological polar surface area (TPSA) is 148 Å². The molecular weight excluding hydrogens is 554 g/mol. The molecule has 5 rings (SSSR count). The molecular formula is C36H39N3O5. The van der Waals surface area contributed by atoms with Crippen molar-refractivity contribution in [1.29, 1.82) is 5.41 Å². The van der Waals surface area contributed by atoms with Gasteiger partial charge in [-0.25, -0.2) is 0 Å². The molecule has 1 aliphatic heterocycles. The molecule has 0 aromatic heterocycles. The van der Waals surface area contributed by atoms with E-state index < -0.39 is 11.9 Å². The Labute approximate surface area is 257 Å². The molecule has 4 aromatic rings. The van der Waals surface area contributed by atoms with E-state index in [1.807, 2.05) is 65.6 Å². The van der Waals surface area contributed by atoms with Crippen molar-refractivity contribution in [3.8, 4) is 16.9 Å². The van der Waals surface area contributed by atoms with Gasteiger partial charge in [-0.2, -0.15) is 0 Å². The number of nitrogen functional groups attached to an aromatic ring is 1. The average molecular weight is 594 g/mol. The first-order chi connectivity index (χ1) is 20.9. The fourth-order valence-corrected chi connectivity index (χ4v) is 5.94. The minimum atomic E-state index is -0.958. The van der Waals surface area contributed by atoms with Crippen molar-refractivity contribution in [1.82, 2.24) is 4.90 Å². The van der Waals surface area contributed by atoms with Gasteiger partial charge in [0.25, 0.3) is 0 Å². The van der Waals surface area contributed by atoms with Gasteiger partial charge in [-0.05, 0) is 53.6 Å². The second-order valence-electron chi connectivity index (χ2n) is 11.1. The Morgan fingerprint density at radius 2 is 1.43 bits per heavy atom. The predicted molar refractivity (Wildman–Crippen MR) is 172 cm³/mol. The predicted octanol–water partition coefficient (Wildman–Crippen LogP) is 5.50. The lowest BCUT2D eigenvalue weighted by Gasteiger charge is -2.26. The maximum atomic E-state index is 13.3. The molecule has 0 spiro atoms. The summed E-state index contributed by atoms with van der Waals surface area (Å²) in [7, 11) is 0. The molecule has 1 amide bonds. The maximum Gasteiger partial charge on any atom is 0.304 e. The van der Waals surface area contributed by atoms with E-state index in [1.165, 1.54) is 11.1 Å². The van der Waals surface area contributed by atoms with E-state index in [-0.39, 0.29) is 35.6 Å². The van der Waals surface area contributed by atoms with Crippen LogP contribution in [0.2, 0.25) is 0 Å². The Morgan fingerprint density at radius 1 is 0.886 bits per heavy atom. The van der Waals surface area contributed by atoms with E-state index in [0.29, 0.717) is 30.9 Å². The lowest BCUT2D eigenvalue weighted by atomic mass is 9.87. The molecule has 0 bridgehead atoms. The number of hydrogen-bond donors (Lipinski definition) is 3. The third kappa shape index (κ3) is 7.90. The van der Waals surface area contributed by atoms with Crippen LogP contribution in [0.3, 0.4) is 0 Å². The van der Waals surface area contributed by atoms with E-state index in [2.05, 4.69) is 48.5 Å². The van der Waals surface area contributed by atoms with Gasteiger partial charge in [-0.1, -0.05) is 97.1 Å². The number of ether oxygens (including phenoxy) is 1. The molecule has 44 heavy (non-hydrogen) atoms. The van der Waals surface area contributed by atoms with Crippen LogP contribution in [0.15, 0.2) is 109 Å². The first-order valence-electron chi connectivity index (χ1n) is 14.7. The fraction of sp³-hybridized carbons (Fsp3) is 0.250. The van der Waals surface area contributed by atoms with Gasteiger partial charge >= 0.3 is 5.97 Å². The van der Waals surface area contributed by atoms with E-state index >= 15 is 0 Å². The Bertz CT molecular complexity index is 1490. The molecule has 8 heteroatoms. The standard InChI is InChI=1S/C36H37N3O4.H2O/c37-35(38)29-15-13-25(14-16-29)26-17-19-32(20-18-26)43-24-31-22-30(23-34(40)41)36(42)39(31)21-7-12-33(27-8-3-1-4-9-27)28-10-5-2-6-11-28;/h1-6,8-11,13-20,30-31,33H,7,12,21-24H2,(H3,37,38)(H,40,41);1H2/t30-,31-;/m0./s1. The summed E-state index contributed by atoms with van der Waals surface area (Å²) in [5.74, 6) is -0.664. The lowest BCUT2D eigenvalue weighted by molar-refractivity contribution is -0.142. The number of amidine groups is 1. The van der Waals surface area contributed by atoms with Gasteiger partial charge in [0.05, 0.1) is 18.4 Å². The third-order valence-electron chi connectivity index (χ3n) is 8.17. The summed E-state index contributed by atoms with van der Waals surface area (Å²) in [5.41, 5.74) is 10.7. The van der Waals surface area contributed by atoms with Crippen LogP contribution in [0.4, 0.5) is 0 Å². The second kappa shape index (κ2) is 15.0. The van der Waals surface area contributed by atoms with Gasteiger partial charge in [-0.3, -0.25) is 15.0 Å². The second-order valence-corrected chi connectivity index (χ2v) is 11.1. The van der Waals surface area contributed by atoms with Crippen LogP contribution in [0.5, 0.6) is 5.75 Å². The Hall–Kier alpha value is -4.95. The number of benzene rings is 4. The number of carbonyl (C=O) groups excluding carboxylic acids is 1. The average Bonchev–Trinajstić information content (AvgIpc) is 3.32. The molecule has 0 aliphatic carbocycles. The molecule has 1 aliphatic rings. The van der Waals surface area contributed by atoms with Gasteiger partial charge < -0.3 is 26.0 Å². The molecule has 1 fully saturated rings. The molecule has 228 valence electrons. The zero-order chi connectivity index (χ0) is 30.2. The molecule has 1 heterocycles. The number of carboxylic acids is 1. The van der Waals surface area contributed by atoms with Crippen molar-refractivity contribution < 1.29 is 24.9 Å². The van der Waals surface area contributed by atoms with Crippen LogP contribution in [0.1, 0.15) is 48.3 Å². The first-order valence-corrected chi connectivity index (χ1v) is 14.7. The van der Waals surface area contributed by atoms with Gasteiger partial charge in [0, 0.05) is 18.0 Å². The Morgan fingerprint density at radius 3 is 1.95 bits per heavy atom. The fourth-order valence-electron chi connectivity index (χ4n) is 5.94. The summed E-state index contributed by atoms with van der Waals surface area (Å²) < 4.78 is 6.14. The minimum Gasteiger partial charge on any atom is -0.491 e. The van der Waals surface area contributed by atoms with Crippen LogP contribution in [0.25, 0.3) is 11.1 Å². The Kier molecular flexibility index (Phi) is 10.9. The molecule has 4 aromatic carbocycles. The minimum absolute atomic E-state index is 0. The monoisotopic (exact) mass is 593 g/mol. The first kappa shape index (κ1) is 32.0. The third-order valence-corrected chi connectivity index (χ3v) is 8.17. The molecule has 0 unspecified atom stereocenters. The number of likely N-dealkylation sites (tertiary alicyclic amines) is 1. The number of aliphatic carboxylic acids is 1. The summed E-state index contributed by atoms with van der Waals surface area (Å²) in [6.07, 6.45) is 1.95. The van der Waals surface area contributed by atoms with Crippen LogP contribution in [-0.4, -0.2) is 52.4 Å². The van der Waals surface area contributed by atoms with Crippen LogP contribution < -0.4 is 10.5 Å². The van der Waals surface area contributed by atoms with Crippen molar-refractivity contribution in [2.24, 2.45) is 11.7 Å². The number of nitrogens with two attached hydrogens (primary N) is 1. The molecule has 2 atom stereocenters. The highest BCUT2D eigenvalue weighted by Gasteiger charge is 2.40. The van der Waals surface area contributed by atoms with E-state index in [9.17, 15) is 14.7 Å². The number of nitrogens with one attached hydrogen (secondary N) is 1. The zero-order valence-corrected chi connectivity index (χ0v) is 24.6. The quantitative estimate of drug-likeness (QED) is 0.138. The number of nitrogens with zero attached hydrogens (tertiary/aromatic N) is 1. The van der Waals surface area contributed by atoms with Crippen LogP contribution in [0, 0.1) is 11.3 Å². The molecule has 6 N–H and O–H groups in total. The smallest absolute Gasteiger partial charge is 0.304 e. The molecule has 1 saturated heterocycles. The summed E-state index contributed by atoms with van der Waals surface area (Å²) in [5, 5.41) is 17.0. The molecule has 8 nitrogen and oxygen atoms in total. The van der Waals surface area contributed by atoms with Crippen molar-refractivity contribution in [2.45, 2.75) is 37.6 Å². The summed E-state index contributed by atoms with van der Waals surface area (Å²) in [4.78, 5) is 26.7. The van der Waals surface area contributed by atoms with Crippen molar-refractivity contribution in [3.63, 3.8) is 0 Å². The van der Waals surface area contributed by atoms with Gasteiger partial charge in [-0.15, -0.1) is 0 Å². The largest absolute Gasteiger partial charge is 0.491 e. The van der Waals surface area contributed by atoms with Crippen molar-refractivity contribution in [2.75, 3.05) is 13.2 Å². The normalized spacial score (nSPS) is 16.0. The zero-order valence-electron chi connectivity index (χ0n) is 24.6. The van der Waals surface area contributed by atoms with Gasteiger partial charge in [0.1, 0.15) is 18.2 Å². The number of amides is 1. The highest BCUT2D eigenvalue weighted by Crippen LogP contribution is 2.32. The molecule has 0 saturated carbocycles. The maximum absolute atomic E-state index is 13.3. The van der Waals surface area contributed by atoms with Crippen LogP contribution >= 0.6 is 0 Å². The van der Waals surface area contributed by atoms with E-state index in [0.717, 1.165) is 24.0 Å². The van der Waals surface area contributed by atoms with Crippen LogP contribution in [-0.2, 0) is 9.59 Å². The number of carbonyl (C=O) groups is 2. The number of carboxylic acid groups (broad SMARTS) is 1. The van der Waals surface area contributed by atoms with Gasteiger partial charge in [0.15, 0.2) is 0 Å².